The highest BCUT2D eigenvalue weighted by Crippen LogP contribution is 2.22. The van der Waals surface area contributed by atoms with Crippen LogP contribution in [0.5, 0.6) is 5.75 Å². The van der Waals surface area contributed by atoms with Gasteiger partial charge in [-0.1, -0.05) is 70.8 Å². The van der Waals surface area contributed by atoms with Crippen LogP contribution < -0.4 is 10.5 Å². The van der Waals surface area contributed by atoms with Gasteiger partial charge in [-0.2, -0.15) is 0 Å². The number of benzene rings is 1. The minimum atomic E-state index is 0.743. The summed E-state index contributed by atoms with van der Waals surface area (Å²) < 4.78 is 5.76. The van der Waals surface area contributed by atoms with Crippen molar-refractivity contribution in [1.29, 1.82) is 0 Å². The molecule has 0 fully saturated rings. The lowest BCUT2D eigenvalue weighted by atomic mass is 10.1. The molecule has 0 radical (unpaired) electrons. The van der Waals surface area contributed by atoms with Gasteiger partial charge in [-0.15, -0.1) is 0 Å². The summed E-state index contributed by atoms with van der Waals surface area (Å²) in [4.78, 5) is 0. The van der Waals surface area contributed by atoms with E-state index in [9.17, 15) is 0 Å². The SMILES string of the molecule is CCCCCCCCCCCCOc1cc(C)ccc1N. The van der Waals surface area contributed by atoms with Gasteiger partial charge in [0.2, 0.25) is 0 Å². The molecule has 0 saturated carbocycles. The number of rotatable bonds is 12. The van der Waals surface area contributed by atoms with Crippen LogP contribution in [-0.4, -0.2) is 6.61 Å². The molecule has 0 bridgehead atoms. The summed E-state index contributed by atoms with van der Waals surface area (Å²) >= 11 is 0. The van der Waals surface area contributed by atoms with E-state index >= 15 is 0 Å². The average Bonchev–Trinajstić information content (AvgIpc) is 2.48. The Bertz CT molecular complexity index is 376. The second-order valence-corrected chi connectivity index (χ2v) is 6.07. The van der Waals surface area contributed by atoms with E-state index in [2.05, 4.69) is 13.8 Å². The quantitative estimate of drug-likeness (QED) is 0.385. The molecule has 0 spiro atoms. The maximum Gasteiger partial charge on any atom is 0.142 e. The number of aryl methyl sites for hydroxylation is 1. The van der Waals surface area contributed by atoms with Crippen molar-refractivity contribution in [1.82, 2.24) is 0 Å². The molecule has 0 saturated heterocycles. The standard InChI is InChI=1S/C19H33NO/c1-3-4-5-6-7-8-9-10-11-12-15-21-19-16-17(2)13-14-18(19)20/h13-14,16H,3-12,15,20H2,1-2H3. The normalized spacial score (nSPS) is 10.8. The number of hydrogen-bond acceptors (Lipinski definition) is 2. The van der Waals surface area contributed by atoms with Crippen molar-refractivity contribution in [3.63, 3.8) is 0 Å². The molecule has 2 heteroatoms. The number of nitrogen functional groups attached to an aromatic ring is 1. The molecule has 0 unspecified atom stereocenters. The highest BCUT2D eigenvalue weighted by atomic mass is 16.5. The summed E-state index contributed by atoms with van der Waals surface area (Å²) in [6.45, 7) is 5.11. The van der Waals surface area contributed by atoms with Crippen molar-refractivity contribution < 1.29 is 4.74 Å². The Morgan fingerprint density at radius 2 is 1.43 bits per heavy atom. The first-order valence-corrected chi connectivity index (χ1v) is 8.73. The molecule has 120 valence electrons. The third-order valence-corrected chi connectivity index (χ3v) is 3.92. The van der Waals surface area contributed by atoms with Gasteiger partial charge in [0.05, 0.1) is 12.3 Å². The molecule has 0 aliphatic carbocycles. The van der Waals surface area contributed by atoms with Gasteiger partial charge in [0, 0.05) is 0 Å². The Balaban J connectivity index is 1.94. The molecule has 2 N–H and O–H groups in total. The fourth-order valence-electron chi connectivity index (χ4n) is 2.54. The van der Waals surface area contributed by atoms with Crippen LogP contribution in [0.2, 0.25) is 0 Å². The van der Waals surface area contributed by atoms with Gasteiger partial charge >= 0.3 is 0 Å². The van der Waals surface area contributed by atoms with Crippen LogP contribution in [0, 0.1) is 6.92 Å². The zero-order valence-electron chi connectivity index (χ0n) is 14.0. The minimum absolute atomic E-state index is 0.743. The zero-order chi connectivity index (χ0) is 15.3. The molecule has 1 aromatic carbocycles. The Hall–Kier alpha value is -1.18. The van der Waals surface area contributed by atoms with Crippen molar-refractivity contribution >= 4 is 5.69 Å². The first kappa shape index (κ1) is 17.9. The van der Waals surface area contributed by atoms with Crippen LogP contribution in [0.15, 0.2) is 18.2 Å². The average molecular weight is 291 g/mol. The van der Waals surface area contributed by atoms with Gasteiger partial charge in [-0.05, 0) is 31.0 Å². The maximum atomic E-state index is 5.89. The van der Waals surface area contributed by atoms with Crippen molar-refractivity contribution in [3.8, 4) is 5.75 Å². The van der Waals surface area contributed by atoms with Gasteiger partial charge in [-0.25, -0.2) is 0 Å². The van der Waals surface area contributed by atoms with E-state index in [4.69, 9.17) is 10.5 Å². The van der Waals surface area contributed by atoms with E-state index in [0.717, 1.165) is 24.5 Å². The third kappa shape index (κ3) is 8.64. The van der Waals surface area contributed by atoms with E-state index in [-0.39, 0.29) is 0 Å². The second-order valence-electron chi connectivity index (χ2n) is 6.07. The summed E-state index contributed by atoms with van der Waals surface area (Å²) in [6.07, 6.45) is 13.5. The molecule has 0 aliphatic heterocycles. The molecular formula is C19H33NO. The number of hydrogen-bond donors (Lipinski definition) is 1. The maximum absolute atomic E-state index is 5.89. The molecule has 0 atom stereocenters. The Morgan fingerprint density at radius 1 is 0.857 bits per heavy atom. The highest BCUT2D eigenvalue weighted by molar-refractivity contribution is 5.53. The molecule has 0 heterocycles. The third-order valence-electron chi connectivity index (χ3n) is 3.92. The van der Waals surface area contributed by atoms with Crippen molar-refractivity contribution in [3.05, 3.63) is 23.8 Å². The van der Waals surface area contributed by atoms with Crippen LogP contribution in [0.3, 0.4) is 0 Å². The zero-order valence-corrected chi connectivity index (χ0v) is 14.0. The molecule has 2 nitrogen and oxygen atoms in total. The van der Waals surface area contributed by atoms with Gasteiger partial charge in [0.15, 0.2) is 0 Å². The van der Waals surface area contributed by atoms with Crippen molar-refractivity contribution in [2.45, 2.75) is 78.1 Å². The molecule has 0 aromatic heterocycles. The summed E-state index contributed by atoms with van der Waals surface area (Å²) in [7, 11) is 0. The van der Waals surface area contributed by atoms with E-state index in [1.165, 1.54) is 63.4 Å². The molecule has 0 aliphatic rings. The lowest BCUT2D eigenvalue weighted by molar-refractivity contribution is 0.305. The van der Waals surface area contributed by atoms with E-state index in [1.807, 2.05) is 18.2 Å². The molecule has 1 aromatic rings. The molecule has 0 amide bonds. The van der Waals surface area contributed by atoms with Crippen molar-refractivity contribution in [2.75, 3.05) is 12.3 Å². The van der Waals surface area contributed by atoms with Crippen LogP contribution in [0.1, 0.15) is 76.7 Å². The van der Waals surface area contributed by atoms with Crippen LogP contribution in [0.25, 0.3) is 0 Å². The Kier molecular flexibility index (Phi) is 9.77. The summed E-state index contributed by atoms with van der Waals surface area (Å²) in [6, 6.07) is 5.96. The fourth-order valence-corrected chi connectivity index (χ4v) is 2.54. The molecule has 21 heavy (non-hydrogen) atoms. The van der Waals surface area contributed by atoms with E-state index in [1.54, 1.807) is 0 Å². The highest BCUT2D eigenvalue weighted by Gasteiger charge is 2.00. The van der Waals surface area contributed by atoms with E-state index < -0.39 is 0 Å². The number of ether oxygens (including phenoxy) is 1. The fraction of sp³-hybridized carbons (Fsp3) is 0.684. The lowest BCUT2D eigenvalue weighted by Crippen LogP contribution is -2.00. The number of nitrogens with two attached hydrogens (primary N) is 1. The molecule has 1 rings (SSSR count). The monoisotopic (exact) mass is 291 g/mol. The summed E-state index contributed by atoms with van der Waals surface area (Å²) in [5.41, 5.74) is 7.83. The lowest BCUT2D eigenvalue weighted by Gasteiger charge is -2.09. The summed E-state index contributed by atoms with van der Waals surface area (Å²) in [5, 5.41) is 0. The largest absolute Gasteiger partial charge is 0.491 e. The van der Waals surface area contributed by atoms with Gasteiger partial charge in [-0.3, -0.25) is 0 Å². The van der Waals surface area contributed by atoms with Crippen LogP contribution in [-0.2, 0) is 0 Å². The Morgan fingerprint density at radius 3 is 2.05 bits per heavy atom. The smallest absolute Gasteiger partial charge is 0.142 e. The number of unbranched alkanes of at least 4 members (excludes halogenated alkanes) is 9. The van der Waals surface area contributed by atoms with Crippen LogP contribution >= 0.6 is 0 Å². The van der Waals surface area contributed by atoms with Crippen molar-refractivity contribution in [2.24, 2.45) is 0 Å². The van der Waals surface area contributed by atoms with Gasteiger partial charge in [0.25, 0.3) is 0 Å². The second kappa shape index (κ2) is 11.5. The first-order chi connectivity index (χ1) is 10.2. The van der Waals surface area contributed by atoms with Crippen LogP contribution in [0.4, 0.5) is 5.69 Å². The van der Waals surface area contributed by atoms with E-state index in [0.29, 0.717) is 0 Å². The number of anilines is 1. The van der Waals surface area contributed by atoms with Gasteiger partial charge < -0.3 is 10.5 Å². The Labute approximate surface area is 131 Å². The first-order valence-electron chi connectivity index (χ1n) is 8.73. The predicted octanol–water partition coefficient (Wildman–Crippen LogP) is 5.88. The predicted molar refractivity (Wildman–Crippen MR) is 92.9 cm³/mol. The topological polar surface area (TPSA) is 35.2 Å². The van der Waals surface area contributed by atoms with Gasteiger partial charge in [0.1, 0.15) is 5.75 Å². The summed E-state index contributed by atoms with van der Waals surface area (Å²) in [5.74, 6) is 0.839. The minimum Gasteiger partial charge on any atom is -0.491 e. The molecular weight excluding hydrogens is 258 g/mol.